The van der Waals surface area contributed by atoms with Crippen molar-refractivity contribution in [3.63, 3.8) is 0 Å². The summed E-state index contributed by atoms with van der Waals surface area (Å²) in [6.45, 7) is 1.96. The van der Waals surface area contributed by atoms with E-state index in [1.807, 2.05) is 0 Å². The number of halogens is 1. The molecule has 0 saturated carbocycles. The predicted octanol–water partition coefficient (Wildman–Crippen LogP) is 3.15. The first kappa shape index (κ1) is 20.4. The number of hydrogen-bond donors (Lipinski definition) is 2. The number of hydrogen-bond acceptors (Lipinski definition) is 8. The summed E-state index contributed by atoms with van der Waals surface area (Å²) < 4.78 is 10.9. The van der Waals surface area contributed by atoms with Gasteiger partial charge in [0.05, 0.1) is 30.0 Å². The number of aromatic nitrogens is 2. The summed E-state index contributed by atoms with van der Waals surface area (Å²) in [6, 6.07) is 2.92. The number of rotatable bonds is 8. The van der Waals surface area contributed by atoms with Crippen molar-refractivity contribution in [3.8, 4) is 5.75 Å². The third-order valence-electron chi connectivity index (χ3n) is 2.98. The molecule has 1 heterocycles. The molecule has 1 aromatic carbocycles. The molecule has 0 bridgehead atoms. The molecule has 0 spiro atoms. The number of amides is 2. The predicted molar refractivity (Wildman–Crippen MR) is 103 cm³/mol. The zero-order valence-electron chi connectivity index (χ0n) is 14.3. The smallest absolute Gasteiger partial charge is 0.261 e. The number of nitrogens with zero attached hydrogens (tertiary/aromatic N) is 2. The van der Waals surface area contributed by atoms with E-state index >= 15 is 0 Å². The van der Waals surface area contributed by atoms with Crippen LogP contribution in [0.2, 0.25) is 5.02 Å². The number of anilines is 2. The fourth-order valence-corrected chi connectivity index (χ4v) is 3.81. The molecule has 2 rings (SSSR count). The molecule has 0 aliphatic heterocycles. The number of benzene rings is 1. The average molecular weight is 417 g/mol. The van der Waals surface area contributed by atoms with Gasteiger partial charge >= 0.3 is 0 Å². The third kappa shape index (κ3) is 5.56. The second-order valence-electron chi connectivity index (χ2n) is 4.88. The highest BCUT2D eigenvalue weighted by molar-refractivity contribution is 8.01. The van der Waals surface area contributed by atoms with E-state index in [1.54, 1.807) is 7.11 Å². The zero-order chi connectivity index (χ0) is 19.1. The van der Waals surface area contributed by atoms with Crippen LogP contribution >= 0.6 is 34.7 Å². The van der Waals surface area contributed by atoms with Crippen LogP contribution in [0.1, 0.15) is 17.3 Å². The Morgan fingerprint density at radius 3 is 2.69 bits per heavy atom. The van der Waals surface area contributed by atoms with Crippen molar-refractivity contribution in [3.05, 3.63) is 22.7 Å². The van der Waals surface area contributed by atoms with Gasteiger partial charge in [-0.25, -0.2) is 0 Å². The minimum Gasteiger partial charge on any atom is -0.496 e. The van der Waals surface area contributed by atoms with Crippen molar-refractivity contribution in [2.75, 3.05) is 37.2 Å². The quantitative estimate of drug-likeness (QED) is 0.387. The molecular weight excluding hydrogens is 400 g/mol. The Morgan fingerprint density at radius 1 is 1.27 bits per heavy atom. The SMILES string of the molecule is COCCSc1nnc(NC(=O)c2cc(Cl)c(NC(C)=O)cc2OC)s1. The monoisotopic (exact) mass is 416 g/mol. The molecule has 0 unspecified atom stereocenters. The molecular formula is C15H17ClN4O4S2. The molecule has 2 N–H and O–H groups in total. The Morgan fingerprint density at radius 2 is 2.04 bits per heavy atom. The van der Waals surface area contributed by atoms with E-state index < -0.39 is 5.91 Å². The highest BCUT2D eigenvalue weighted by Gasteiger charge is 2.18. The standard InChI is InChI=1S/C15H17ClN4O4S2/c1-8(21)17-11-7-12(24-3)9(6-10(11)16)13(22)18-14-19-20-15(26-14)25-5-4-23-2/h6-7H,4-5H2,1-3H3,(H,17,21)(H,18,19,22). The van der Waals surface area contributed by atoms with Crippen molar-refractivity contribution in [2.45, 2.75) is 11.3 Å². The minimum absolute atomic E-state index is 0.218. The lowest BCUT2D eigenvalue weighted by Crippen LogP contribution is -2.14. The van der Waals surface area contributed by atoms with E-state index in [0.717, 1.165) is 10.1 Å². The molecule has 11 heteroatoms. The molecule has 140 valence electrons. The van der Waals surface area contributed by atoms with Crippen LogP contribution in [0.3, 0.4) is 0 Å². The van der Waals surface area contributed by atoms with Crippen molar-refractivity contribution < 1.29 is 19.1 Å². The van der Waals surface area contributed by atoms with Crippen LogP contribution in [0.4, 0.5) is 10.8 Å². The molecule has 1 aromatic heterocycles. The first-order valence-electron chi connectivity index (χ1n) is 7.36. The summed E-state index contributed by atoms with van der Waals surface area (Å²) in [6.07, 6.45) is 0. The van der Waals surface area contributed by atoms with Gasteiger partial charge in [-0.05, 0) is 6.07 Å². The van der Waals surface area contributed by atoms with E-state index in [4.69, 9.17) is 21.1 Å². The molecule has 0 aliphatic carbocycles. The van der Waals surface area contributed by atoms with Crippen LogP contribution in [-0.2, 0) is 9.53 Å². The summed E-state index contributed by atoms with van der Waals surface area (Å²) in [5.41, 5.74) is 0.579. The summed E-state index contributed by atoms with van der Waals surface area (Å²) in [5.74, 6) is 0.295. The molecule has 0 aliphatic rings. The number of ether oxygens (including phenoxy) is 2. The lowest BCUT2D eigenvalue weighted by molar-refractivity contribution is -0.114. The van der Waals surface area contributed by atoms with Gasteiger partial charge in [-0.3, -0.25) is 14.9 Å². The molecule has 0 atom stereocenters. The second kappa shape index (κ2) is 9.72. The highest BCUT2D eigenvalue weighted by Crippen LogP contribution is 2.32. The van der Waals surface area contributed by atoms with Crippen molar-refractivity contribution in [1.82, 2.24) is 10.2 Å². The largest absolute Gasteiger partial charge is 0.496 e. The number of nitrogens with one attached hydrogen (secondary N) is 2. The van der Waals surface area contributed by atoms with Crippen molar-refractivity contribution in [1.29, 1.82) is 0 Å². The number of methoxy groups -OCH3 is 2. The van der Waals surface area contributed by atoms with Gasteiger partial charge in [0.1, 0.15) is 5.75 Å². The Balaban J connectivity index is 2.13. The molecule has 8 nitrogen and oxygen atoms in total. The van der Waals surface area contributed by atoms with E-state index in [0.29, 0.717) is 17.4 Å². The highest BCUT2D eigenvalue weighted by atomic mass is 35.5. The fraction of sp³-hybridized carbons (Fsp3) is 0.333. The van der Waals surface area contributed by atoms with E-state index in [1.165, 1.54) is 49.3 Å². The van der Waals surface area contributed by atoms with Gasteiger partial charge in [-0.1, -0.05) is 34.7 Å². The molecule has 0 fully saturated rings. The fourth-order valence-electron chi connectivity index (χ4n) is 1.88. The number of carbonyl (C=O) groups is 2. The molecule has 2 amide bonds. The van der Waals surface area contributed by atoms with Crippen LogP contribution in [0, 0.1) is 0 Å². The average Bonchev–Trinajstić information content (AvgIpc) is 3.03. The normalized spacial score (nSPS) is 10.5. The topological polar surface area (TPSA) is 102 Å². The van der Waals surface area contributed by atoms with E-state index in [2.05, 4.69) is 20.8 Å². The first-order valence-corrected chi connectivity index (χ1v) is 9.54. The maximum Gasteiger partial charge on any atom is 0.261 e. The number of carbonyl (C=O) groups excluding carboxylic acids is 2. The molecule has 26 heavy (non-hydrogen) atoms. The van der Waals surface area contributed by atoms with Crippen LogP contribution < -0.4 is 15.4 Å². The lowest BCUT2D eigenvalue weighted by Gasteiger charge is -2.12. The maximum atomic E-state index is 12.5. The molecule has 0 radical (unpaired) electrons. The van der Waals surface area contributed by atoms with Gasteiger partial charge in [-0.2, -0.15) is 0 Å². The van der Waals surface area contributed by atoms with Crippen LogP contribution in [-0.4, -0.2) is 48.6 Å². The van der Waals surface area contributed by atoms with Crippen LogP contribution in [0.25, 0.3) is 0 Å². The van der Waals surface area contributed by atoms with Gasteiger partial charge in [0, 0.05) is 25.9 Å². The van der Waals surface area contributed by atoms with Crippen LogP contribution in [0.15, 0.2) is 16.5 Å². The van der Waals surface area contributed by atoms with Gasteiger partial charge in [0.2, 0.25) is 11.0 Å². The van der Waals surface area contributed by atoms with Gasteiger partial charge < -0.3 is 14.8 Å². The van der Waals surface area contributed by atoms with Crippen molar-refractivity contribution >= 4 is 57.3 Å². The maximum absolute atomic E-state index is 12.5. The lowest BCUT2D eigenvalue weighted by atomic mass is 10.1. The first-order chi connectivity index (χ1) is 12.4. The zero-order valence-corrected chi connectivity index (χ0v) is 16.7. The van der Waals surface area contributed by atoms with Gasteiger partial charge in [0.25, 0.3) is 5.91 Å². The van der Waals surface area contributed by atoms with E-state index in [9.17, 15) is 9.59 Å². The Bertz CT molecular complexity index is 800. The Kier molecular flexibility index (Phi) is 7.64. The van der Waals surface area contributed by atoms with E-state index in [-0.39, 0.29) is 22.2 Å². The molecule has 2 aromatic rings. The Hall–Kier alpha value is -1.88. The molecule has 0 saturated heterocycles. The van der Waals surface area contributed by atoms with Crippen LogP contribution in [0.5, 0.6) is 5.75 Å². The second-order valence-corrected chi connectivity index (χ2v) is 7.61. The summed E-state index contributed by atoms with van der Waals surface area (Å²) in [5, 5.41) is 13.8. The van der Waals surface area contributed by atoms with Gasteiger partial charge in [0.15, 0.2) is 4.34 Å². The van der Waals surface area contributed by atoms with Gasteiger partial charge in [-0.15, -0.1) is 10.2 Å². The summed E-state index contributed by atoms with van der Waals surface area (Å²) in [4.78, 5) is 23.7. The third-order valence-corrected chi connectivity index (χ3v) is 5.23. The summed E-state index contributed by atoms with van der Waals surface area (Å²) in [7, 11) is 3.05. The summed E-state index contributed by atoms with van der Waals surface area (Å²) >= 11 is 8.88. The van der Waals surface area contributed by atoms with Crippen molar-refractivity contribution in [2.24, 2.45) is 0 Å². The number of thioether (sulfide) groups is 1. The minimum atomic E-state index is -0.442. The Labute approximate surface area is 163 Å².